The molecule has 0 fully saturated rings. The van der Waals surface area contributed by atoms with Crippen molar-refractivity contribution >= 4 is 11.9 Å². The van der Waals surface area contributed by atoms with Crippen LogP contribution < -0.4 is 5.73 Å². The van der Waals surface area contributed by atoms with Gasteiger partial charge in [0, 0.05) is 0 Å². The number of carbonyl (C=O) groups excluding carboxylic acids is 2. The summed E-state index contributed by atoms with van der Waals surface area (Å²) in [6, 6.07) is 1.42. The van der Waals surface area contributed by atoms with E-state index in [0.29, 0.717) is 0 Å². The van der Waals surface area contributed by atoms with Crippen molar-refractivity contribution in [3.8, 4) is 0 Å². The minimum Gasteiger partial charge on any atom is -0.469 e. The SMILES string of the molecule is COC(=O)Cc1occc1C(N)=O. The second kappa shape index (κ2) is 3.75. The summed E-state index contributed by atoms with van der Waals surface area (Å²) in [5, 5.41) is 0. The highest BCUT2D eigenvalue weighted by Gasteiger charge is 2.14. The first-order chi connectivity index (χ1) is 6.15. The molecular formula is C8H9NO4. The molecule has 70 valence electrons. The van der Waals surface area contributed by atoms with Crippen LogP contribution in [0.15, 0.2) is 16.7 Å². The Labute approximate surface area is 74.5 Å². The molecule has 0 atom stereocenters. The van der Waals surface area contributed by atoms with Crippen molar-refractivity contribution < 1.29 is 18.7 Å². The molecule has 5 heteroatoms. The molecule has 0 unspecified atom stereocenters. The lowest BCUT2D eigenvalue weighted by Crippen LogP contribution is -2.14. The molecule has 1 heterocycles. The summed E-state index contributed by atoms with van der Waals surface area (Å²) in [5.41, 5.74) is 5.24. The Morgan fingerprint density at radius 3 is 2.85 bits per heavy atom. The van der Waals surface area contributed by atoms with Gasteiger partial charge in [0.05, 0.1) is 18.9 Å². The monoisotopic (exact) mass is 183 g/mol. The molecule has 0 saturated carbocycles. The Kier molecular flexibility index (Phi) is 2.69. The highest BCUT2D eigenvalue weighted by molar-refractivity contribution is 5.94. The van der Waals surface area contributed by atoms with Crippen LogP contribution in [0.4, 0.5) is 0 Å². The first-order valence-electron chi connectivity index (χ1n) is 3.58. The van der Waals surface area contributed by atoms with Gasteiger partial charge in [-0.2, -0.15) is 0 Å². The third-order valence-electron chi connectivity index (χ3n) is 1.54. The number of rotatable bonds is 3. The number of primary amides is 1. The van der Waals surface area contributed by atoms with Crippen LogP contribution in [0.1, 0.15) is 16.1 Å². The van der Waals surface area contributed by atoms with Gasteiger partial charge in [0.2, 0.25) is 0 Å². The summed E-state index contributed by atoms with van der Waals surface area (Å²) >= 11 is 0. The van der Waals surface area contributed by atoms with Crippen LogP contribution in [0.25, 0.3) is 0 Å². The molecule has 1 rings (SSSR count). The van der Waals surface area contributed by atoms with E-state index in [2.05, 4.69) is 4.74 Å². The molecule has 0 bridgehead atoms. The summed E-state index contributed by atoms with van der Waals surface area (Å²) in [5.74, 6) is -0.857. The number of hydrogen-bond acceptors (Lipinski definition) is 4. The molecular weight excluding hydrogens is 174 g/mol. The number of hydrogen-bond donors (Lipinski definition) is 1. The van der Waals surface area contributed by atoms with Crippen molar-refractivity contribution in [2.75, 3.05) is 7.11 Å². The van der Waals surface area contributed by atoms with Crippen molar-refractivity contribution in [3.05, 3.63) is 23.7 Å². The van der Waals surface area contributed by atoms with Crippen molar-refractivity contribution in [1.29, 1.82) is 0 Å². The maximum Gasteiger partial charge on any atom is 0.313 e. The lowest BCUT2D eigenvalue weighted by atomic mass is 10.2. The lowest BCUT2D eigenvalue weighted by Gasteiger charge is -1.97. The van der Waals surface area contributed by atoms with E-state index in [9.17, 15) is 9.59 Å². The highest BCUT2D eigenvalue weighted by atomic mass is 16.5. The van der Waals surface area contributed by atoms with Crippen LogP contribution in [0.3, 0.4) is 0 Å². The molecule has 0 radical (unpaired) electrons. The van der Waals surface area contributed by atoms with E-state index in [4.69, 9.17) is 10.2 Å². The number of amides is 1. The first-order valence-corrected chi connectivity index (χ1v) is 3.58. The van der Waals surface area contributed by atoms with Crippen molar-refractivity contribution in [2.45, 2.75) is 6.42 Å². The molecule has 1 aromatic heterocycles. The van der Waals surface area contributed by atoms with Crippen molar-refractivity contribution in [1.82, 2.24) is 0 Å². The smallest absolute Gasteiger partial charge is 0.313 e. The van der Waals surface area contributed by atoms with E-state index in [1.54, 1.807) is 0 Å². The van der Waals surface area contributed by atoms with Gasteiger partial charge in [-0.3, -0.25) is 9.59 Å². The van der Waals surface area contributed by atoms with Crippen LogP contribution in [0.5, 0.6) is 0 Å². The second-order valence-corrected chi connectivity index (χ2v) is 2.37. The van der Waals surface area contributed by atoms with Crippen molar-refractivity contribution in [3.63, 3.8) is 0 Å². The Morgan fingerprint density at radius 1 is 1.62 bits per heavy atom. The summed E-state index contributed by atoms with van der Waals surface area (Å²) in [4.78, 5) is 21.6. The maximum atomic E-state index is 10.8. The molecule has 5 nitrogen and oxygen atoms in total. The standard InChI is InChI=1S/C8H9NO4/c1-12-7(10)4-6-5(8(9)11)2-3-13-6/h2-3H,4H2,1H3,(H2,9,11). The fraction of sp³-hybridized carbons (Fsp3) is 0.250. The van der Waals surface area contributed by atoms with Gasteiger partial charge < -0.3 is 14.9 Å². The molecule has 1 aromatic rings. The molecule has 2 N–H and O–H groups in total. The second-order valence-electron chi connectivity index (χ2n) is 2.37. The van der Waals surface area contributed by atoms with E-state index < -0.39 is 11.9 Å². The van der Waals surface area contributed by atoms with Crippen LogP contribution >= 0.6 is 0 Å². The summed E-state index contributed by atoms with van der Waals surface area (Å²) in [6.45, 7) is 0. The zero-order chi connectivity index (χ0) is 9.84. The largest absolute Gasteiger partial charge is 0.469 e. The average molecular weight is 183 g/mol. The molecule has 0 aliphatic rings. The number of methoxy groups -OCH3 is 1. The molecule has 0 aromatic carbocycles. The molecule has 0 aliphatic carbocycles. The predicted octanol–water partition coefficient (Wildman–Crippen LogP) is 0.0940. The van der Waals surface area contributed by atoms with Crippen molar-refractivity contribution in [2.24, 2.45) is 5.73 Å². The van der Waals surface area contributed by atoms with E-state index >= 15 is 0 Å². The first kappa shape index (κ1) is 9.31. The third-order valence-corrected chi connectivity index (χ3v) is 1.54. The van der Waals surface area contributed by atoms with Crippen LogP contribution in [0, 0.1) is 0 Å². The maximum absolute atomic E-state index is 10.8. The Balaban J connectivity index is 2.82. The van der Waals surface area contributed by atoms with Crippen LogP contribution in [-0.2, 0) is 16.0 Å². The van der Waals surface area contributed by atoms with Crippen LogP contribution in [-0.4, -0.2) is 19.0 Å². The number of ether oxygens (including phenoxy) is 1. The van der Waals surface area contributed by atoms with Gasteiger partial charge in [-0.05, 0) is 6.07 Å². The highest BCUT2D eigenvalue weighted by Crippen LogP contribution is 2.10. The molecule has 13 heavy (non-hydrogen) atoms. The van der Waals surface area contributed by atoms with Gasteiger partial charge in [0.25, 0.3) is 5.91 Å². The molecule has 1 amide bonds. The van der Waals surface area contributed by atoms with E-state index in [1.807, 2.05) is 0 Å². The summed E-state index contributed by atoms with van der Waals surface area (Å²) in [6.07, 6.45) is 1.22. The molecule has 0 spiro atoms. The van der Waals surface area contributed by atoms with E-state index in [0.717, 1.165) is 0 Å². The Bertz CT molecular complexity index is 329. The molecule has 0 aliphatic heterocycles. The minimum atomic E-state index is -0.618. The summed E-state index contributed by atoms with van der Waals surface area (Å²) in [7, 11) is 1.26. The Hall–Kier alpha value is -1.78. The van der Waals surface area contributed by atoms with Gasteiger partial charge in [-0.15, -0.1) is 0 Å². The van der Waals surface area contributed by atoms with Gasteiger partial charge in [0.15, 0.2) is 0 Å². The third kappa shape index (κ3) is 2.08. The topological polar surface area (TPSA) is 82.5 Å². The lowest BCUT2D eigenvalue weighted by molar-refractivity contribution is -0.140. The quantitative estimate of drug-likeness (QED) is 0.673. The van der Waals surface area contributed by atoms with E-state index in [1.165, 1.54) is 19.4 Å². The number of nitrogens with two attached hydrogens (primary N) is 1. The fourth-order valence-corrected chi connectivity index (χ4v) is 0.900. The zero-order valence-corrected chi connectivity index (χ0v) is 7.07. The normalized spacial score (nSPS) is 9.62. The summed E-state index contributed by atoms with van der Waals surface area (Å²) < 4.78 is 9.30. The van der Waals surface area contributed by atoms with Gasteiger partial charge in [0.1, 0.15) is 12.2 Å². The van der Waals surface area contributed by atoms with E-state index in [-0.39, 0.29) is 17.7 Å². The van der Waals surface area contributed by atoms with Gasteiger partial charge >= 0.3 is 5.97 Å². The fourth-order valence-electron chi connectivity index (χ4n) is 0.900. The predicted molar refractivity (Wildman–Crippen MR) is 42.9 cm³/mol. The zero-order valence-electron chi connectivity index (χ0n) is 7.07. The van der Waals surface area contributed by atoms with Gasteiger partial charge in [-0.25, -0.2) is 0 Å². The Morgan fingerprint density at radius 2 is 2.31 bits per heavy atom. The van der Waals surface area contributed by atoms with Crippen LogP contribution in [0.2, 0.25) is 0 Å². The van der Waals surface area contributed by atoms with Gasteiger partial charge in [-0.1, -0.05) is 0 Å². The number of furan rings is 1. The average Bonchev–Trinajstić information content (AvgIpc) is 2.52. The molecule has 0 saturated heterocycles. The number of esters is 1. The number of carbonyl (C=O) groups is 2. The minimum absolute atomic E-state index is 0.0816.